The predicted octanol–water partition coefficient (Wildman–Crippen LogP) is 3.68. The first-order chi connectivity index (χ1) is 13.3. The Hall–Kier alpha value is -3.24. The van der Waals surface area contributed by atoms with Gasteiger partial charge in [0.05, 0.1) is 26.3 Å². The van der Waals surface area contributed by atoms with Gasteiger partial charge in [-0.1, -0.05) is 11.6 Å². The van der Waals surface area contributed by atoms with Crippen LogP contribution < -0.4 is 0 Å². The molecule has 3 heterocycles. The van der Waals surface area contributed by atoms with E-state index in [1.165, 1.54) is 41.0 Å². The molecule has 0 fully saturated rings. The smallest absolute Gasteiger partial charge is 0.283 e. The summed E-state index contributed by atoms with van der Waals surface area (Å²) in [5, 5.41) is 26.0. The molecule has 0 atom stereocenters. The molecule has 2 aromatic rings. The summed E-state index contributed by atoms with van der Waals surface area (Å²) in [6.45, 7) is 1.77. The van der Waals surface area contributed by atoms with Crippen LogP contribution >= 0.6 is 23.4 Å². The largest absolute Gasteiger partial charge is 0.316 e. The van der Waals surface area contributed by atoms with E-state index < -0.39 is 10.8 Å². The number of nitro groups is 1. The summed E-state index contributed by atoms with van der Waals surface area (Å²) in [5.41, 5.74) is 1.04. The second kappa shape index (κ2) is 6.73. The summed E-state index contributed by atoms with van der Waals surface area (Å²) < 4.78 is 1.67. The first-order valence-electron chi connectivity index (χ1n) is 7.93. The zero-order chi connectivity index (χ0) is 20.0. The van der Waals surface area contributed by atoms with Crippen molar-refractivity contribution in [3.05, 3.63) is 62.9 Å². The molecule has 0 unspecified atom stereocenters. The van der Waals surface area contributed by atoms with E-state index in [1.54, 1.807) is 29.8 Å². The third-order valence-electron chi connectivity index (χ3n) is 4.03. The Morgan fingerprint density at radius 1 is 1.36 bits per heavy atom. The fourth-order valence-electron chi connectivity index (χ4n) is 2.77. The summed E-state index contributed by atoms with van der Waals surface area (Å²) >= 11 is 7.45. The van der Waals surface area contributed by atoms with E-state index in [2.05, 4.69) is 10.1 Å². The van der Waals surface area contributed by atoms with Crippen molar-refractivity contribution in [1.82, 2.24) is 9.58 Å². The number of benzene rings is 1. The Labute approximate surface area is 167 Å². The molecule has 0 aliphatic carbocycles. The number of aromatic nitrogens is 1. The quantitative estimate of drug-likeness (QED) is 0.467. The fraction of sp³-hybridized carbons (Fsp3) is 0.0588. The monoisotopic (exact) mass is 414 g/mol. The molecule has 9 nitrogen and oxygen atoms in total. The average molecular weight is 415 g/mol. The number of halogens is 1. The number of hydrogen-bond acceptors (Lipinski definition) is 6. The van der Waals surface area contributed by atoms with Crippen molar-refractivity contribution in [3.63, 3.8) is 0 Å². The molecule has 4 rings (SSSR count). The van der Waals surface area contributed by atoms with Gasteiger partial charge < -0.3 is 4.57 Å². The number of carbonyl (C=O) groups is 1. The Kier molecular flexibility index (Phi) is 4.36. The van der Waals surface area contributed by atoms with Crippen molar-refractivity contribution in [2.24, 2.45) is 10.1 Å². The average Bonchev–Trinajstić information content (AvgIpc) is 3.24. The first kappa shape index (κ1) is 18.1. The van der Waals surface area contributed by atoms with Crippen LogP contribution in [0.2, 0.25) is 5.02 Å². The number of nitro benzene ring substituents is 1. The van der Waals surface area contributed by atoms with Crippen LogP contribution in [-0.4, -0.2) is 36.5 Å². The lowest BCUT2D eigenvalue weighted by atomic mass is 10.1. The van der Waals surface area contributed by atoms with Gasteiger partial charge in [0.15, 0.2) is 5.84 Å². The molecule has 1 aromatic carbocycles. The van der Waals surface area contributed by atoms with Crippen LogP contribution in [-0.2, 0) is 4.79 Å². The molecule has 1 amide bonds. The number of hydrogen-bond donors (Lipinski definition) is 1. The van der Waals surface area contributed by atoms with Gasteiger partial charge >= 0.3 is 0 Å². The number of non-ortho nitro benzene ring substituents is 1. The van der Waals surface area contributed by atoms with Gasteiger partial charge in [-0.25, -0.2) is 0 Å². The maximum Gasteiger partial charge on any atom is 0.283 e. The van der Waals surface area contributed by atoms with Crippen molar-refractivity contribution in [1.29, 1.82) is 5.41 Å². The third kappa shape index (κ3) is 3.02. The molecule has 0 radical (unpaired) electrons. The SMILES string of the molecule is CC1=NN2C(=N)/C(=C/c3cccn3-c3ccc([N+](=O)[O-])cc3Cl)C(=O)N=C2S1. The lowest BCUT2D eigenvalue weighted by Crippen LogP contribution is -2.35. The van der Waals surface area contributed by atoms with E-state index in [0.717, 1.165) is 0 Å². The number of aliphatic imine (C=N–C) groups is 1. The summed E-state index contributed by atoms with van der Waals surface area (Å²) in [6, 6.07) is 7.61. The Balaban J connectivity index is 1.75. The summed E-state index contributed by atoms with van der Waals surface area (Å²) in [7, 11) is 0. The number of rotatable bonds is 3. The highest BCUT2D eigenvalue weighted by molar-refractivity contribution is 8.26. The van der Waals surface area contributed by atoms with E-state index in [9.17, 15) is 14.9 Å². The molecule has 2 aliphatic heterocycles. The zero-order valence-corrected chi connectivity index (χ0v) is 15.9. The topological polar surface area (TPSA) is 117 Å². The molecule has 0 spiro atoms. The van der Waals surface area contributed by atoms with Gasteiger partial charge in [0, 0.05) is 24.0 Å². The summed E-state index contributed by atoms with van der Waals surface area (Å²) in [5.74, 6) is -0.599. The van der Waals surface area contributed by atoms with Crippen LogP contribution in [0, 0.1) is 15.5 Å². The molecule has 2 aliphatic rings. The van der Waals surface area contributed by atoms with Crippen LogP contribution in [0.25, 0.3) is 11.8 Å². The van der Waals surface area contributed by atoms with Crippen LogP contribution in [0.4, 0.5) is 5.69 Å². The van der Waals surface area contributed by atoms with E-state index in [4.69, 9.17) is 17.0 Å². The second-order valence-corrected chi connectivity index (χ2v) is 7.40. The molecule has 1 N–H and O–H groups in total. The lowest BCUT2D eigenvalue weighted by molar-refractivity contribution is -0.384. The molecule has 0 bridgehead atoms. The number of amidine groups is 2. The number of carbonyl (C=O) groups excluding carboxylic acids is 1. The van der Waals surface area contributed by atoms with Crippen molar-refractivity contribution >= 4 is 57.1 Å². The van der Waals surface area contributed by atoms with E-state index >= 15 is 0 Å². The first-order valence-corrected chi connectivity index (χ1v) is 9.13. The molecular weight excluding hydrogens is 404 g/mol. The van der Waals surface area contributed by atoms with E-state index in [-0.39, 0.29) is 22.1 Å². The summed E-state index contributed by atoms with van der Waals surface area (Å²) in [4.78, 5) is 26.8. The predicted molar refractivity (Wildman–Crippen MR) is 108 cm³/mol. The van der Waals surface area contributed by atoms with Gasteiger partial charge in [0.25, 0.3) is 11.6 Å². The van der Waals surface area contributed by atoms with Gasteiger partial charge in [-0.05, 0) is 43.0 Å². The minimum atomic E-state index is -0.531. The number of nitrogens with one attached hydrogen (secondary N) is 1. The Morgan fingerprint density at radius 3 is 2.86 bits per heavy atom. The number of nitrogens with zero attached hydrogens (tertiary/aromatic N) is 5. The van der Waals surface area contributed by atoms with Gasteiger partial charge in [0.1, 0.15) is 0 Å². The van der Waals surface area contributed by atoms with Crippen molar-refractivity contribution in [2.75, 3.05) is 0 Å². The lowest BCUT2D eigenvalue weighted by Gasteiger charge is -2.20. The Bertz CT molecular complexity index is 1150. The number of thioether (sulfide) groups is 1. The number of amides is 1. The highest BCUT2D eigenvalue weighted by atomic mass is 35.5. The van der Waals surface area contributed by atoms with Crippen LogP contribution in [0.3, 0.4) is 0 Å². The third-order valence-corrected chi connectivity index (χ3v) is 5.16. The molecule has 0 saturated carbocycles. The van der Waals surface area contributed by atoms with Crippen LogP contribution in [0.15, 0.2) is 52.2 Å². The molecule has 1 aromatic heterocycles. The molecule has 0 saturated heterocycles. The van der Waals surface area contributed by atoms with Gasteiger partial charge in [-0.15, -0.1) is 0 Å². The standard InChI is InChI=1S/C17H11ClN6O3S/c1-9-21-23-15(19)12(16(25)20-17(23)28-9)7-10-3-2-6-22(10)14-5-4-11(24(26)27)8-13(14)18/h2-8,19H,1H3/b12-7-,19-15?. The highest BCUT2D eigenvalue weighted by Crippen LogP contribution is 2.30. The van der Waals surface area contributed by atoms with Gasteiger partial charge in [-0.3, -0.25) is 20.3 Å². The maximum absolute atomic E-state index is 12.4. The van der Waals surface area contributed by atoms with E-state index in [0.29, 0.717) is 21.6 Å². The van der Waals surface area contributed by atoms with Crippen molar-refractivity contribution in [3.8, 4) is 5.69 Å². The van der Waals surface area contributed by atoms with Gasteiger partial charge in [0.2, 0.25) is 5.17 Å². The maximum atomic E-state index is 12.4. The molecular formula is C17H11ClN6O3S. The molecule has 11 heteroatoms. The van der Waals surface area contributed by atoms with E-state index in [1.807, 2.05) is 0 Å². The molecule has 28 heavy (non-hydrogen) atoms. The van der Waals surface area contributed by atoms with Crippen molar-refractivity contribution < 1.29 is 9.72 Å². The van der Waals surface area contributed by atoms with Crippen molar-refractivity contribution in [2.45, 2.75) is 6.92 Å². The second-order valence-electron chi connectivity index (χ2n) is 5.83. The molecule has 140 valence electrons. The summed E-state index contributed by atoms with van der Waals surface area (Å²) in [6.07, 6.45) is 3.23. The zero-order valence-electron chi connectivity index (χ0n) is 14.3. The fourth-order valence-corrected chi connectivity index (χ4v) is 3.77. The van der Waals surface area contributed by atoms with Crippen LogP contribution in [0.1, 0.15) is 12.6 Å². The minimum Gasteiger partial charge on any atom is -0.316 e. The highest BCUT2D eigenvalue weighted by Gasteiger charge is 2.34. The number of hydrazone groups is 1. The number of fused-ring (bicyclic) bond motifs is 1. The normalized spacial score (nSPS) is 17.6. The van der Waals surface area contributed by atoms with Gasteiger partial charge in [-0.2, -0.15) is 15.1 Å². The minimum absolute atomic E-state index is 0.0677. The Morgan fingerprint density at radius 2 is 2.14 bits per heavy atom. The van der Waals surface area contributed by atoms with Crippen LogP contribution in [0.5, 0.6) is 0 Å².